The van der Waals surface area contributed by atoms with E-state index in [-0.39, 0.29) is 0 Å². The van der Waals surface area contributed by atoms with E-state index in [2.05, 4.69) is 63.7 Å². The first-order valence-electron chi connectivity index (χ1n) is 6.79. The van der Waals surface area contributed by atoms with E-state index in [1.54, 1.807) is 0 Å². The van der Waals surface area contributed by atoms with Crippen LogP contribution in [0.3, 0.4) is 0 Å². The molecule has 1 N–H and O–H groups in total. The Labute approximate surface area is 133 Å². The standard InChI is InChI=1S/C15H20BrN3S/c1-3-8-17-15(12-9-18-19(2)10-12)11-20-14-6-4-13(16)5-7-14/h4-7,9-10,15,17H,3,8,11H2,1-2H3. The van der Waals surface area contributed by atoms with E-state index in [4.69, 9.17) is 0 Å². The molecule has 5 heteroatoms. The average molecular weight is 354 g/mol. The molecule has 1 atom stereocenters. The zero-order valence-electron chi connectivity index (χ0n) is 11.8. The fourth-order valence-electron chi connectivity index (χ4n) is 1.92. The van der Waals surface area contributed by atoms with Gasteiger partial charge in [0.2, 0.25) is 0 Å². The van der Waals surface area contributed by atoms with Crippen LogP contribution in [-0.2, 0) is 7.05 Å². The van der Waals surface area contributed by atoms with Gasteiger partial charge in [-0.1, -0.05) is 22.9 Å². The molecule has 0 saturated heterocycles. The molecule has 108 valence electrons. The maximum absolute atomic E-state index is 4.27. The number of benzene rings is 1. The number of hydrogen-bond donors (Lipinski definition) is 1. The predicted molar refractivity (Wildman–Crippen MR) is 89.1 cm³/mol. The molecular formula is C15H20BrN3S. The van der Waals surface area contributed by atoms with Gasteiger partial charge in [0.25, 0.3) is 0 Å². The third-order valence-electron chi connectivity index (χ3n) is 3.00. The van der Waals surface area contributed by atoms with Crippen LogP contribution >= 0.6 is 27.7 Å². The van der Waals surface area contributed by atoms with Crippen LogP contribution in [0, 0.1) is 0 Å². The Kier molecular flexibility index (Phi) is 6.13. The van der Waals surface area contributed by atoms with Crippen LogP contribution in [0.5, 0.6) is 0 Å². The lowest BCUT2D eigenvalue weighted by atomic mass is 10.2. The summed E-state index contributed by atoms with van der Waals surface area (Å²) < 4.78 is 2.98. The van der Waals surface area contributed by atoms with Gasteiger partial charge in [-0.15, -0.1) is 11.8 Å². The summed E-state index contributed by atoms with van der Waals surface area (Å²) in [7, 11) is 1.96. The van der Waals surface area contributed by atoms with Crippen LogP contribution in [0.2, 0.25) is 0 Å². The minimum atomic E-state index is 0.345. The third-order valence-corrected chi connectivity index (χ3v) is 4.63. The maximum Gasteiger partial charge on any atom is 0.0537 e. The molecule has 1 unspecified atom stereocenters. The van der Waals surface area contributed by atoms with Crippen molar-refractivity contribution in [1.29, 1.82) is 0 Å². The fourth-order valence-corrected chi connectivity index (χ4v) is 3.18. The highest BCUT2D eigenvalue weighted by Crippen LogP contribution is 2.25. The molecule has 3 nitrogen and oxygen atoms in total. The highest BCUT2D eigenvalue weighted by molar-refractivity contribution is 9.10. The molecule has 2 aromatic rings. The van der Waals surface area contributed by atoms with Gasteiger partial charge in [-0.2, -0.15) is 5.10 Å². The molecule has 2 rings (SSSR count). The van der Waals surface area contributed by atoms with Crippen molar-refractivity contribution in [2.45, 2.75) is 24.3 Å². The predicted octanol–water partition coefficient (Wildman–Crippen LogP) is 4.02. The summed E-state index contributed by atoms with van der Waals surface area (Å²) >= 11 is 5.34. The molecule has 0 bridgehead atoms. The van der Waals surface area contributed by atoms with Gasteiger partial charge in [0.1, 0.15) is 0 Å². The Bertz CT molecular complexity index is 524. The SMILES string of the molecule is CCCNC(CSc1ccc(Br)cc1)c1cnn(C)c1. The molecular weight excluding hydrogens is 334 g/mol. The van der Waals surface area contributed by atoms with Crippen LogP contribution < -0.4 is 5.32 Å². The molecule has 0 aliphatic carbocycles. The van der Waals surface area contributed by atoms with E-state index in [0.29, 0.717) is 6.04 Å². The van der Waals surface area contributed by atoms with Gasteiger partial charge in [-0.25, -0.2) is 0 Å². The van der Waals surface area contributed by atoms with Crippen LogP contribution in [0.25, 0.3) is 0 Å². The number of nitrogens with zero attached hydrogens (tertiary/aromatic N) is 2. The molecule has 0 amide bonds. The second-order valence-corrected chi connectivity index (χ2v) is 6.73. The number of aromatic nitrogens is 2. The Balaban J connectivity index is 1.98. The van der Waals surface area contributed by atoms with Crippen LogP contribution in [-0.4, -0.2) is 22.1 Å². The molecule has 0 fully saturated rings. The number of hydrogen-bond acceptors (Lipinski definition) is 3. The number of nitrogens with one attached hydrogen (secondary N) is 1. The number of aryl methyl sites for hydroxylation is 1. The topological polar surface area (TPSA) is 29.9 Å². The molecule has 0 radical (unpaired) electrons. The third kappa shape index (κ3) is 4.65. The summed E-state index contributed by atoms with van der Waals surface area (Å²) in [5.41, 5.74) is 1.26. The van der Waals surface area contributed by atoms with Crippen molar-refractivity contribution in [3.63, 3.8) is 0 Å². The lowest BCUT2D eigenvalue weighted by Crippen LogP contribution is -2.23. The van der Waals surface area contributed by atoms with Crippen molar-refractivity contribution >= 4 is 27.7 Å². The summed E-state index contributed by atoms with van der Waals surface area (Å²) in [4.78, 5) is 1.29. The minimum absolute atomic E-state index is 0.345. The van der Waals surface area contributed by atoms with Gasteiger partial charge in [0, 0.05) is 40.0 Å². The first kappa shape index (κ1) is 15.6. The molecule has 0 aliphatic rings. The fraction of sp³-hybridized carbons (Fsp3) is 0.400. The van der Waals surface area contributed by atoms with E-state index in [0.717, 1.165) is 23.2 Å². The first-order chi connectivity index (χ1) is 9.69. The van der Waals surface area contributed by atoms with E-state index in [1.807, 2.05) is 29.7 Å². The maximum atomic E-state index is 4.27. The van der Waals surface area contributed by atoms with Crippen LogP contribution in [0.1, 0.15) is 24.9 Å². The van der Waals surface area contributed by atoms with Crippen molar-refractivity contribution in [2.24, 2.45) is 7.05 Å². The van der Waals surface area contributed by atoms with Crippen molar-refractivity contribution in [3.8, 4) is 0 Å². The van der Waals surface area contributed by atoms with Gasteiger partial charge in [0.05, 0.1) is 6.20 Å². The summed E-state index contributed by atoms with van der Waals surface area (Å²) in [6.07, 6.45) is 5.19. The molecule has 1 heterocycles. The van der Waals surface area contributed by atoms with Crippen molar-refractivity contribution in [2.75, 3.05) is 12.3 Å². The zero-order valence-corrected chi connectivity index (χ0v) is 14.2. The summed E-state index contributed by atoms with van der Waals surface area (Å²) in [5.74, 6) is 1.01. The Morgan fingerprint density at radius 1 is 1.35 bits per heavy atom. The minimum Gasteiger partial charge on any atom is -0.309 e. The Morgan fingerprint density at radius 2 is 2.10 bits per heavy atom. The molecule has 1 aromatic carbocycles. The molecule has 0 aliphatic heterocycles. The smallest absolute Gasteiger partial charge is 0.0537 e. The normalized spacial score (nSPS) is 12.6. The monoisotopic (exact) mass is 353 g/mol. The summed E-state index contributed by atoms with van der Waals surface area (Å²) in [6, 6.07) is 8.81. The van der Waals surface area contributed by atoms with Crippen molar-refractivity contribution in [1.82, 2.24) is 15.1 Å². The second kappa shape index (κ2) is 7.86. The quantitative estimate of drug-likeness (QED) is 0.762. The van der Waals surface area contributed by atoms with E-state index < -0.39 is 0 Å². The second-order valence-electron chi connectivity index (χ2n) is 4.72. The number of thioether (sulfide) groups is 1. The van der Waals surface area contributed by atoms with Gasteiger partial charge < -0.3 is 5.32 Å². The lowest BCUT2D eigenvalue weighted by molar-refractivity contribution is 0.577. The zero-order chi connectivity index (χ0) is 14.4. The largest absolute Gasteiger partial charge is 0.309 e. The molecule has 1 aromatic heterocycles. The first-order valence-corrected chi connectivity index (χ1v) is 8.57. The van der Waals surface area contributed by atoms with E-state index >= 15 is 0 Å². The molecule has 0 saturated carbocycles. The van der Waals surface area contributed by atoms with Gasteiger partial charge in [-0.05, 0) is 37.2 Å². The van der Waals surface area contributed by atoms with Crippen LogP contribution in [0.4, 0.5) is 0 Å². The highest BCUT2D eigenvalue weighted by atomic mass is 79.9. The highest BCUT2D eigenvalue weighted by Gasteiger charge is 2.13. The Morgan fingerprint density at radius 3 is 2.70 bits per heavy atom. The van der Waals surface area contributed by atoms with Gasteiger partial charge in [0.15, 0.2) is 0 Å². The summed E-state index contributed by atoms with van der Waals surface area (Å²) in [6.45, 7) is 3.22. The van der Waals surface area contributed by atoms with Gasteiger partial charge in [-0.3, -0.25) is 4.68 Å². The van der Waals surface area contributed by atoms with E-state index in [9.17, 15) is 0 Å². The van der Waals surface area contributed by atoms with Gasteiger partial charge >= 0.3 is 0 Å². The average Bonchev–Trinajstić information content (AvgIpc) is 2.87. The lowest BCUT2D eigenvalue weighted by Gasteiger charge is -2.16. The Hall–Kier alpha value is -0.780. The van der Waals surface area contributed by atoms with Crippen molar-refractivity contribution in [3.05, 3.63) is 46.7 Å². The van der Waals surface area contributed by atoms with E-state index in [1.165, 1.54) is 10.5 Å². The molecule has 0 spiro atoms. The number of halogens is 1. The molecule has 20 heavy (non-hydrogen) atoms. The summed E-state index contributed by atoms with van der Waals surface area (Å²) in [5, 5.41) is 7.87. The van der Waals surface area contributed by atoms with Crippen LogP contribution in [0.15, 0.2) is 46.0 Å². The van der Waals surface area contributed by atoms with Crippen molar-refractivity contribution < 1.29 is 0 Å². The number of rotatable bonds is 7.